The molecule has 0 fully saturated rings. The molecule has 6 rings (SSSR count). The smallest absolute Gasteiger partial charge is 0.365 e. The molecule has 0 saturated heterocycles. The van der Waals surface area contributed by atoms with Gasteiger partial charge in [-0.15, -0.1) is 0 Å². The zero-order valence-electron chi connectivity index (χ0n) is 20.7. The Morgan fingerprint density at radius 3 is 2.37 bits per heavy atom. The standard InChI is InChI=1S/C31H22N2O5/c1-3-33-25-14-13-20(28(34)21-12-8-7-9-18(21)2)15-22(25)23-16-24-27(17-26(23)33)37-30(29(24)35)32-38-31(36)19-10-5-4-6-11-19/h4-17H,3H2,1-2H3. The molecule has 0 N–H and O–H groups in total. The summed E-state index contributed by atoms with van der Waals surface area (Å²) in [6, 6.07) is 25.1. The third kappa shape index (κ3) is 3.76. The van der Waals surface area contributed by atoms with Crippen LogP contribution < -0.4 is 4.74 Å². The first-order valence-corrected chi connectivity index (χ1v) is 12.2. The third-order valence-corrected chi connectivity index (χ3v) is 6.80. The molecule has 0 aliphatic carbocycles. The molecular weight excluding hydrogens is 480 g/mol. The van der Waals surface area contributed by atoms with Gasteiger partial charge in [0.2, 0.25) is 0 Å². The van der Waals surface area contributed by atoms with Gasteiger partial charge >= 0.3 is 11.9 Å². The van der Waals surface area contributed by atoms with Gasteiger partial charge in [0.25, 0.3) is 5.78 Å². The molecule has 0 amide bonds. The Morgan fingerprint density at radius 2 is 1.61 bits per heavy atom. The van der Waals surface area contributed by atoms with Gasteiger partial charge in [0, 0.05) is 40.0 Å². The van der Waals surface area contributed by atoms with E-state index in [0.717, 1.165) is 27.4 Å². The molecule has 1 aromatic heterocycles. The normalized spacial score (nSPS) is 13.6. The Bertz CT molecular complexity index is 1820. The number of benzene rings is 4. The highest BCUT2D eigenvalue weighted by Gasteiger charge is 2.32. The van der Waals surface area contributed by atoms with Gasteiger partial charge in [-0.3, -0.25) is 9.59 Å². The van der Waals surface area contributed by atoms with E-state index in [1.54, 1.807) is 42.5 Å². The number of fused-ring (bicyclic) bond motifs is 4. The summed E-state index contributed by atoms with van der Waals surface area (Å²) in [4.78, 5) is 43.6. The number of hydrogen-bond acceptors (Lipinski definition) is 6. The van der Waals surface area contributed by atoms with Crippen molar-refractivity contribution in [3.05, 3.63) is 113 Å². The van der Waals surface area contributed by atoms with Gasteiger partial charge in [0.15, 0.2) is 5.78 Å². The van der Waals surface area contributed by atoms with Gasteiger partial charge in [0.1, 0.15) is 5.75 Å². The van der Waals surface area contributed by atoms with Crippen molar-refractivity contribution in [2.75, 3.05) is 0 Å². The summed E-state index contributed by atoms with van der Waals surface area (Å²) in [5.41, 5.74) is 4.57. The van der Waals surface area contributed by atoms with Crippen molar-refractivity contribution in [3.8, 4) is 5.75 Å². The first-order valence-electron chi connectivity index (χ1n) is 12.2. The molecule has 0 bridgehead atoms. The number of rotatable bonds is 5. The Balaban J connectivity index is 1.40. The summed E-state index contributed by atoms with van der Waals surface area (Å²) in [6.45, 7) is 4.62. The van der Waals surface area contributed by atoms with E-state index in [0.29, 0.717) is 34.5 Å². The van der Waals surface area contributed by atoms with Crippen LogP contribution in [0.5, 0.6) is 5.75 Å². The monoisotopic (exact) mass is 502 g/mol. The van der Waals surface area contributed by atoms with Crippen LogP contribution >= 0.6 is 0 Å². The molecule has 0 saturated carbocycles. The van der Waals surface area contributed by atoms with E-state index < -0.39 is 11.8 Å². The van der Waals surface area contributed by atoms with Crippen LogP contribution in [0.15, 0.2) is 90.1 Å². The topological polar surface area (TPSA) is 87.0 Å². The summed E-state index contributed by atoms with van der Waals surface area (Å²) in [6.07, 6.45) is 0. The third-order valence-electron chi connectivity index (χ3n) is 6.80. The van der Waals surface area contributed by atoms with E-state index in [-0.39, 0.29) is 11.7 Å². The molecule has 186 valence electrons. The molecule has 0 radical (unpaired) electrons. The molecule has 2 heterocycles. The van der Waals surface area contributed by atoms with Gasteiger partial charge < -0.3 is 14.1 Å². The Morgan fingerprint density at radius 1 is 0.868 bits per heavy atom. The SMILES string of the molecule is CCn1c2ccc(C(=O)c3ccccc3C)cc2c2cc3c(cc21)OC(=NOC(=O)c1ccccc1)C3=O. The number of Topliss-reactive ketones (excluding diaryl/α,β-unsaturated/α-hetero) is 1. The van der Waals surface area contributed by atoms with Crippen LogP contribution in [-0.2, 0) is 11.4 Å². The summed E-state index contributed by atoms with van der Waals surface area (Å²) >= 11 is 0. The second kappa shape index (κ2) is 9.12. The number of carbonyl (C=O) groups excluding carboxylic acids is 3. The number of oxime groups is 1. The van der Waals surface area contributed by atoms with Crippen molar-refractivity contribution < 1.29 is 24.0 Å². The van der Waals surface area contributed by atoms with Crippen LogP contribution in [0.25, 0.3) is 21.8 Å². The lowest BCUT2D eigenvalue weighted by Gasteiger charge is -2.06. The van der Waals surface area contributed by atoms with E-state index in [2.05, 4.69) is 9.72 Å². The molecule has 5 aromatic rings. The number of aryl methyl sites for hydroxylation is 2. The number of aromatic nitrogens is 1. The fraction of sp³-hybridized carbons (Fsp3) is 0.0968. The quantitative estimate of drug-likeness (QED) is 0.165. The van der Waals surface area contributed by atoms with E-state index >= 15 is 0 Å². The maximum absolute atomic E-state index is 13.3. The highest BCUT2D eigenvalue weighted by molar-refractivity contribution is 6.47. The summed E-state index contributed by atoms with van der Waals surface area (Å²) in [7, 11) is 0. The van der Waals surface area contributed by atoms with E-state index in [9.17, 15) is 14.4 Å². The zero-order valence-corrected chi connectivity index (χ0v) is 20.7. The van der Waals surface area contributed by atoms with E-state index in [1.165, 1.54) is 0 Å². The number of ether oxygens (including phenoxy) is 1. The number of ketones is 2. The van der Waals surface area contributed by atoms with Crippen LogP contribution in [0.3, 0.4) is 0 Å². The highest BCUT2D eigenvalue weighted by Crippen LogP contribution is 2.37. The molecule has 0 atom stereocenters. The highest BCUT2D eigenvalue weighted by atomic mass is 16.7. The molecule has 7 nitrogen and oxygen atoms in total. The second-order valence-electron chi connectivity index (χ2n) is 9.06. The van der Waals surface area contributed by atoms with E-state index in [4.69, 9.17) is 9.57 Å². The van der Waals surface area contributed by atoms with Crippen molar-refractivity contribution in [3.63, 3.8) is 0 Å². The van der Waals surface area contributed by atoms with Crippen molar-refractivity contribution in [1.29, 1.82) is 0 Å². The molecule has 0 unspecified atom stereocenters. The average molecular weight is 503 g/mol. The van der Waals surface area contributed by atoms with Crippen molar-refractivity contribution >= 4 is 45.2 Å². The largest absolute Gasteiger partial charge is 0.433 e. The molecule has 1 aliphatic rings. The molecule has 4 aromatic carbocycles. The number of carbonyl (C=O) groups is 3. The van der Waals surface area contributed by atoms with Crippen LogP contribution in [0.1, 0.15) is 49.1 Å². The van der Waals surface area contributed by atoms with Crippen LogP contribution in [0.4, 0.5) is 0 Å². The van der Waals surface area contributed by atoms with Crippen molar-refractivity contribution in [1.82, 2.24) is 4.57 Å². The summed E-state index contributed by atoms with van der Waals surface area (Å²) in [5.74, 6) is -1.19. The Labute approximate surface area is 217 Å². The lowest BCUT2D eigenvalue weighted by atomic mass is 9.97. The predicted octanol–water partition coefficient (Wildman–Crippen LogP) is 6.10. The number of nitrogens with zero attached hydrogens (tertiary/aromatic N) is 2. The zero-order chi connectivity index (χ0) is 26.4. The van der Waals surface area contributed by atoms with Gasteiger partial charge in [-0.1, -0.05) is 42.5 Å². The van der Waals surface area contributed by atoms with Crippen molar-refractivity contribution in [2.24, 2.45) is 5.16 Å². The minimum atomic E-state index is -0.690. The Kier molecular flexibility index (Phi) is 5.61. The number of hydrogen-bond donors (Lipinski definition) is 0. The van der Waals surface area contributed by atoms with Gasteiger partial charge in [0.05, 0.1) is 16.6 Å². The first-order chi connectivity index (χ1) is 18.5. The minimum absolute atomic E-state index is 0.0578. The Hall–Kier alpha value is -5.04. The van der Waals surface area contributed by atoms with Crippen LogP contribution in [0, 0.1) is 6.92 Å². The fourth-order valence-corrected chi connectivity index (χ4v) is 4.89. The lowest BCUT2D eigenvalue weighted by molar-refractivity contribution is 0.0508. The maximum Gasteiger partial charge on any atom is 0.365 e. The minimum Gasteiger partial charge on any atom is -0.433 e. The maximum atomic E-state index is 13.3. The van der Waals surface area contributed by atoms with Gasteiger partial charge in [-0.2, -0.15) is 0 Å². The molecule has 1 aliphatic heterocycles. The average Bonchev–Trinajstić information content (AvgIpc) is 3.43. The van der Waals surface area contributed by atoms with Gasteiger partial charge in [-0.05, 0) is 61.0 Å². The predicted molar refractivity (Wildman–Crippen MR) is 144 cm³/mol. The molecule has 0 spiro atoms. The van der Waals surface area contributed by atoms with E-state index in [1.807, 2.05) is 56.3 Å². The van der Waals surface area contributed by atoms with Crippen molar-refractivity contribution in [2.45, 2.75) is 20.4 Å². The molecule has 38 heavy (non-hydrogen) atoms. The second-order valence-corrected chi connectivity index (χ2v) is 9.06. The fourth-order valence-electron chi connectivity index (χ4n) is 4.89. The molecular formula is C31H22N2O5. The first kappa shape index (κ1) is 23.4. The summed E-state index contributed by atoms with van der Waals surface area (Å²) < 4.78 is 7.80. The van der Waals surface area contributed by atoms with Crippen LogP contribution in [0.2, 0.25) is 0 Å². The lowest BCUT2D eigenvalue weighted by Crippen LogP contribution is -2.14. The van der Waals surface area contributed by atoms with Crippen LogP contribution in [-0.4, -0.2) is 28.0 Å². The van der Waals surface area contributed by atoms with Gasteiger partial charge in [-0.25, -0.2) is 4.79 Å². The summed E-state index contributed by atoms with van der Waals surface area (Å²) in [5, 5.41) is 5.38. The molecule has 7 heteroatoms.